The maximum atomic E-state index is 3.68. The van der Waals surface area contributed by atoms with Crippen LogP contribution in [-0.2, 0) is 0 Å². The van der Waals surface area contributed by atoms with E-state index < -0.39 is 0 Å². The van der Waals surface area contributed by atoms with E-state index >= 15 is 0 Å². The highest BCUT2D eigenvalue weighted by Crippen LogP contribution is 2.55. The molecular weight excluding hydrogens is 288 g/mol. The minimum absolute atomic E-state index is 0.579. The van der Waals surface area contributed by atoms with Gasteiger partial charge in [-0.1, -0.05) is 74.2 Å². The van der Waals surface area contributed by atoms with Gasteiger partial charge in [-0.05, 0) is 60.7 Å². The Bertz CT molecular complexity index is 409. The van der Waals surface area contributed by atoms with Crippen LogP contribution in [0, 0.1) is 52.8 Å². The molecule has 0 bridgehead atoms. The predicted octanol–water partition coefficient (Wildman–Crippen LogP) is 7.58. The van der Waals surface area contributed by atoms with Crippen molar-refractivity contribution in [2.75, 3.05) is 0 Å². The van der Waals surface area contributed by atoms with Crippen LogP contribution < -0.4 is 0 Å². The molecule has 0 N–H and O–H groups in total. The topological polar surface area (TPSA) is 0 Å². The minimum Gasteiger partial charge on any atom is -0.103 e. The van der Waals surface area contributed by atoms with Crippen molar-refractivity contribution < 1.29 is 0 Å². The van der Waals surface area contributed by atoms with Gasteiger partial charge in [-0.2, -0.15) is 0 Å². The van der Waals surface area contributed by atoms with Crippen molar-refractivity contribution >= 4 is 0 Å². The summed E-state index contributed by atoms with van der Waals surface area (Å²) >= 11 is 0. The van der Waals surface area contributed by atoms with Gasteiger partial charge in [-0.3, -0.25) is 0 Å². The van der Waals surface area contributed by atoms with Crippen molar-refractivity contribution in [3.05, 3.63) is 0 Å². The molecule has 0 heterocycles. The third kappa shape index (κ3) is 6.82. The van der Waals surface area contributed by atoms with Crippen molar-refractivity contribution in [2.24, 2.45) is 40.9 Å². The Morgan fingerprint density at radius 2 is 1.67 bits per heavy atom. The van der Waals surface area contributed by atoms with Crippen molar-refractivity contribution in [2.45, 2.75) is 100 Å². The lowest BCUT2D eigenvalue weighted by molar-refractivity contribution is 0.212. The van der Waals surface area contributed by atoms with E-state index in [-0.39, 0.29) is 0 Å². The normalized spacial score (nSPS) is 28.0. The van der Waals surface area contributed by atoms with Gasteiger partial charge in [0.15, 0.2) is 0 Å². The Kier molecular flexibility index (Phi) is 8.90. The van der Waals surface area contributed by atoms with Gasteiger partial charge in [-0.15, -0.1) is 5.92 Å². The second-order valence-corrected chi connectivity index (χ2v) is 9.63. The highest BCUT2D eigenvalue weighted by molar-refractivity contribution is 5.06. The molecule has 24 heavy (non-hydrogen) atoms. The van der Waals surface area contributed by atoms with Gasteiger partial charge >= 0.3 is 0 Å². The lowest BCUT2D eigenvalue weighted by Crippen LogP contribution is -2.24. The third-order valence-corrected chi connectivity index (χ3v) is 7.12. The van der Waals surface area contributed by atoms with Crippen LogP contribution >= 0.6 is 0 Å². The van der Waals surface area contributed by atoms with Crippen molar-refractivity contribution in [1.82, 2.24) is 0 Å². The first-order chi connectivity index (χ1) is 11.2. The zero-order valence-corrected chi connectivity index (χ0v) is 17.9. The van der Waals surface area contributed by atoms with Gasteiger partial charge in [0.05, 0.1) is 0 Å². The van der Waals surface area contributed by atoms with Gasteiger partial charge in [0.1, 0.15) is 0 Å². The van der Waals surface area contributed by atoms with Gasteiger partial charge in [0, 0.05) is 12.3 Å². The molecule has 140 valence electrons. The van der Waals surface area contributed by atoms with E-state index in [1.807, 2.05) is 0 Å². The molecule has 1 aliphatic carbocycles. The molecule has 0 saturated heterocycles. The van der Waals surface area contributed by atoms with Gasteiger partial charge in [0.2, 0.25) is 0 Å². The molecule has 1 aliphatic rings. The van der Waals surface area contributed by atoms with E-state index in [1.165, 1.54) is 38.5 Å². The molecule has 0 aromatic rings. The van der Waals surface area contributed by atoms with Gasteiger partial charge in [0.25, 0.3) is 0 Å². The van der Waals surface area contributed by atoms with Crippen molar-refractivity contribution in [3.8, 4) is 11.8 Å². The Morgan fingerprint density at radius 3 is 2.17 bits per heavy atom. The summed E-state index contributed by atoms with van der Waals surface area (Å²) in [6.07, 6.45) is 9.15. The standard InChI is InChI=1S/C24H44/c1-9-19(4)21(6)22(7)23(16-18(2)3)14-12-10-11-13-15-24(8)17-20(24)5/h18-23H,9-11,13,15-17H2,1-8H3. The summed E-state index contributed by atoms with van der Waals surface area (Å²) in [5.41, 5.74) is 0.674. The van der Waals surface area contributed by atoms with Crippen LogP contribution in [0.3, 0.4) is 0 Å². The molecule has 0 aromatic heterocycles. The molecule has 6 unspecified atom stereocenters. The minimum atomic E-state index is 0.579. The summed E-state index contributed by atoms with van der Waals surface area (Å²) < 4.78 is 0. The van der Waals surface area contributed by atoms with E-state index in [4.69, 9.17) is 0 Å². The average Bonchev–Trinajstić information content (AvgIpc) is 3.13. The highest BCUT2D eigenvalue weighted by atomic mass is 14.5. The molecule has 6 atom stereocenters. The lowest BCUT2D eigenvalue weighted by atomic mass is 9.74. The Hall–Kier alpha value is -0.440. The van der Waals surface area contributed by atoms with Gasteiger partial charge < -0.3 is 0 Å². The molecule has 0 radical (unpaired) electrons. The van der Waals surface area contributed by atoms with Crippen LogP contribution in [0.2, 0.25) is 0 Å². The Labute approximate surface area is 153 Å². The summed E-state index contributed by atoms with van der Waals surface area (Å²) in [7, 11) is 0. The van der Waals surface area contributed by atoms with Crippen LogP contribution in [0.5, 0.6) is 0 Å². The first-order valence-electron chi connectivity index (χ1n) is 10.7. The summed E-state index contributed by atoms with van der Waals surface area (Å²) in [5.74, 6) is 11.8. The molecule has 0 aromatic carbocycles. The largest absolute Gasteiger partial charge is 0.103 e. The van der Waals surface area contributed by atoms with Crippen LogP contribution in [0.25, 0.3) is 0 Å². The summed E-state index contributed by atoms with van der Waals surface area (Å²) in [6.45, 7) is 19.1. The molecule has 0 nitrogen and oxygen atoms in total. The maximum absolute atomic E-state index is 3.68. The third-order valence-electron chi connectivity index (χ3n) is 7.12. The second kappa shape index (κ2) is 9.89. The van der Waals surface area contributed by atoms with Crippen LogP contribution in [-0.4, -0.2) is 0 Å². The number of hydrogen-bond donors (Lipinski definition) is 0. The average molecular weight is 333 g/mol. The molecular formula is C24H44. The molecule has 0 heteroatoms. The smallest absolute Gasteiger partial charge is 0.0233 e. The highest BCUT2D eigenvalue weighted by Gasteiger charge is 2.45. The molecule has 0 aliphatic heterocycles. The molecule has 1 fully saturated rings. The summed E-state index contributed by atoms with van der Waals surface area (Å²) in [4.78, 5) is 0. The van der Waals surface area contributed by atoms with Crippen molar-refractivity contribution in [1.29, 1.82) is 0 Å². The lowest BCUT2D eigenvalue weighted by Gasteiger charge is -2.30. The van der Waals surface area contributed by atoms with Crippen LogP contribution in [0.4, 0.5) is 0 Å². The van der Waals surface area contributed by atoms with Crippen molar-refractivity contribution in [3.63, 3.8) is 0 Å². The number of unbranched alkanes of at least 4 members (excludes halogenated alkanes) is 2. The summed E-state index contributed by atoms with van der Waals surface area (Å²) in [5, 5.41) is 0. The molecule has 1 saturated carbocycles. The van der Waals surface area contributed by atoms with E-state index in [2.05, 4.69) is 67.2 Å². The molecule has 0 spiro atoms. The monoisotopic (exact) mass is 332 g/mol. The SMILES string of the molecule is CCC(C)C(C)C(C)C(C#CCCCCC1(C)CC1C)CC(C)C. The fourth-order valence-corrected chi connectivity index (χ4v) is 4.10. The predicted molar refractivity (Wildman–Crippen MR) is 109 cm³/mol. The quantitative estimate of drug-likeness (QED) is 0.286. The van der Waals surface area contributed by atoms with E-state index in [0.29, 0.717) is 17.3 Å². The summed E-state index contributed by atoms with van der Waals surface area (Å²) in [6, 6.07) is 0. The first kappa shape index (κ1) is 21.6. The zero-order valence-electron chi connectivity index (χ0n) is 17.9. The van der Waals surface area contributed by atoms with E-state index in [0.717, 1.165) is 30.1 Å². The Balaban J connectivity index is 2.44. The van der Waals surface area contributed by atoms with Crippen LogP contribution in [0.1, 0.15) is 100 Å². The second-order valence-electron chi connectivity index (χ2n) is 9.63. The maximum Gasteiger partial charge on any atom is 0.0233 e. The molecule has 1 rings (SSSR count). The fourth-order valence-electron chi connectivity index (χ4n) is 4.10. The van der Waals surface area contributed by atoms with E-state index in [1.54, 1.807) is 0 Å². The number of hydrogen-bond acceptors (Lipinski definition) is 0. The van der Waals surface area contributed by atoms with Crippen LogP contribution in [0.15, 0.2) is 0 Å². The number of rotatable bonds is 10. The zero-order chi connectivity index (χ0) is 18.3. The fraction of sp³-hybridized carbons (Fsp3) is 0.917. The first-order valence-corrected chi connectivity index (χ1v) is 10.7. The van der Waals surface area contributed by atoms with Gasteiger partial charge in [-0.25, -0.2) is 0 Å². The molecule has 0 amide bonds. The van der Waals surface area contributed by atoms with E-state index in [9.17, 15) is 0 Å². The Morgan fingerprint density at radius 1 is 1.04 bits per heavy atom.